The largest absolute Gasteiger partial charge is 0.492 e. The molecule has 0 aromatic heterocycles. The topological polar surface area (TPSA) is 51.2 Å². The summed E-state index contributed by atoms with van der Waals surface area (Å²) in [6, 6.07) is 12.5. The van der Waals surface area contributed by atoms with Crippen LogP contribution in [0.3, 0.4) is 0 Å². The molecule has 0 bridgehead atoms. The van der Waals surface area contributed by atoms with Crippen LogP contribution in [-0.4, -0.2) is 52.0 Å². The highest BCUT2D eigenvalue weighted by Gasteiger charge is 2.50. The number of carbonyl (C=O) groups is 1. The zero-order valence-corrected chi connectivity index (χ0v) is 17.2. The number of amides is 1. The number of carbonyl (C=O) groups excluding carboxylic acids is 1. The lowest BCUT2D eigenvalue weighted by atomic mass is 9.70. The van der Waals surface area contributed by atoms with Gasteiger partial charge in [0.15, 0.2) is 0 Å². The number of hydrogen-bond acceptors (Lipinski definition) is 5. The number of nitrogens with zero attached hydrogens (tertiary/aromatic N) is 2. The number of hydrogen-bond donors (Lipinski definition) is 0. The highest BCUT2D eigenvalue weighted by molar-refractivity contribution is 5.99. The standard InChI is InChI=1S/C24H26N2O4/c1-25-8-10-29-22-12-21-18(11-20(22)25)24(15-30-21)13-23(27)26(14-16-5-4-9-28-16)19-7-3-2-6-17(19)24/h2-3,6-7,11-12,16H,4-5,8-10,13-15H2,1H3. The van der Waals surface area contributed by atoms with Gasteiger partial charge in [-0.3, -0.25) is 4.79 Å². The Kier molecular flexibility index (Phi) is 4.00. The molecule has 4 aliphatic rings. The van der Waals surface area contributed by atoms with E-state index >= 15 is 0 Å². The van der Waals surface area contributed by atoms with E-state index < -0.39 is 5.41 Å². The van der Waals surface area contributed by atoms with Crippen LogP contribution in [0.2, 0.25) is 0 Å². The van der Waals surface area contributed by atoms with Crippen LogP contribution in [0.25, 0.3) is 0 Å². The van der Waals surface area contributed by atoms with Gasteiger partial charge < -0.3 is 24.0 Å². The molecule has 0 radical (unpaired) electrons. The zero-order chi connectivity index (χ0) is 20.3. The van der Waals surface area contributed by atoms with E-state index in [-0.39, 0.29) is 12.0 Å². The molecule has 2 unspecified atom stereocenters. The summed E-state index contributed by atoms with van der Waals surface area (Å²) >= 11 is 0. The maximum absolute atomic E-state index is 13.4. The lowest BCUT2D eigenvalue weighted by Crippen LogP contribution is -2.48. The molecule has 6 heteroatoms. The predicted octanol–water partition coefficient (Wildman–Crippen LogP) is 3.11. The second-order valence-electron chi connectivity index (χ2n) is 8.79. The number of fused-ring (bicyclic) bond motifs is 5. The van der Waals surface area contributed by atoms with Gasteiger partial charge in [0.05, 0.1) is 30.3 Å². The second kappa shape index (κ2) is 6.64. The lowest BCUT2D eigenvalue weighted by Gasteiger charge is -2.41. The lowest BCUT2D eigenvalue weighted by molar-refractivity contribution is -0.120. The molecule has 1 fully saturated rings. The fourth-order valence-electron chi connectivity index (χ4n) is 5.41. The Labute approximate surface area is 176 Å². The molecule has 2 aromatic rings. The molecule has 1 amide bonds. The highest BCUT2D eigenvalue weighted by atomic mass is 16.5. The van der Waals surface area contributed by atoms with Gasteiger partial charge in [-0.1, -0.05) is 18.2 Å². The van der Waals surface area contributed by atoms with Crippen LogP contribution in [0.15, 0.2) is 36.4 Å². The highest BCUT2D eigenvalue weighted by Crippen LogP contribution is 2.54. The predicted molar refractivity (Wildman–Crippen MR) is 114 cm³/mol. The van der Waals surface area contributed by atoms with Gasteiger partial charge in [0, 0.05) is 37.4 Å². The Hall–Kier alpha value is -2.73. The molecule has 30 heavy (non-hydrogen) atoms. The molecule has 0 aliphatic carbocycles. The molecule has 6 nitrogen and oxygen atoms in total. The average Bonchev–Trinajstić information content (AvgIpc) is 3.39. The summed E-state index contributed by atoms with van der Waals surface area (Å²) in [5, 5.41) is 0. The Balaban J connectivity index is 1.46. The molecule has 1 spiro atoms. The summed E-state index contributed by atoms with van der Waals surface area (Å²) in [7, 11) is 2.08. The molecule has 0 N–H and O–H groups in total. The number of anilines is 2. The SMILES string of the molecule is CN1CCOc2cc3c(cc21)C1(CO3)CC(=O)N(CC2CCCO2)c2ccccc21. The minimum Gasteiger partial charge on any atom is -0.492 e. The molecule has 4 aliphatic heterocycles. The fourth-order valence-corrected chi connectivity index (χ4v) is 5.41. The third kappa shape index (κ3) is 2.56. The van der Waals surface area contributed by atoms with E-state index in [4.69, 9.17) is 14.2 Å². The van der Waals surface area contributed by atoms with Crippen molar-refractivity contribution in [2.24, 2.45) is 0 Å². The molecule has 2 atom stereocenters. The fraction of sp³-hybridized carbons (Fsp3) is 0.458. The number of para-hydroxylation sites is 1. The second-order valence-corrected chi connectivity index (χ2v) is 8.79. The van der Waals surface area contributed by atoms with E-state index in [1.54, 1.807) is 0 Å². The van der Waals surface area contributed by atoms with Gasteiger partial charge in [0.25, 0.3) is 0 Å². The Bertz CT molecular complexity index is 1020. The molecule has 6 rings (SSSR count). The van der Waals surface area contributed by atoms with Gasteiger partial charge in [-0.25, -0.2) is 0 Å². The van der Waals surface area contributed by atoms with Crippen molar-refractivity contribution in [2.75, 3.05) is 49.8 Å². The van der Waals surface area contributed by atoms with E-state index in [9.17, 15) is 4.79 Å². The minimum atomic E-state index is -0.455. The van der Waals surface area contributed by atoms with Crippen molar-refractivity contribution in [2.45, 2.75) is 30.8 Å². The van der Waals surface area contributed by atoms with Gasteiger partial charge in [0.2, 0.25) is 5.91 Å². The summed E-state index contributed by atoms with van der Waals surface area (Å²) in [4.78, 5) is 17.6. The van der Waals surface area contributed by atoms with Crippen molar-refractivity contribution in [1.82, 2.24) is 0 Å². The average molecular weight is 406 g/mol. The molecule has 1 saturated heterocycles. The van der Waals surface area contributed by atoms with Gasteiger partial charge in [-0.05, 0) is 30.5 Å². The monoisotopic (exact) mass is 406 g/mol. The van der Waals surface area contributed by atoms with Crippen LogP contribution in [0.4, 0.5) is 11.4 Å². The first kappa shape index (κ1) is 18.1. The van der Waals surface area contributed by atoms with E-state index in [1.165, 1.54) is 5.56 Å². The van der Waals surface area contributed by atoms with E-state index in [0.717, 1.165) is 54.4 Å². The Morgan fingerprint density at radius 3 is 2.83 bits per heavy atom. The maximum Gasteiger partial charge on any atom is 0.228 e. The van der Waals surface area contributed by atoms with Gasteiger partial charge in [-0.15, -0.1) is 0 Å². The van der Waals surface area contributed by atoms with Crippen LogP contribution in [0.5, 0.6) is 11.5 Å². The van der Waals surface area contributed by atoms with E-state index in [2.05, 4.69) is 36.2 Å². The van der Waals surface area contributed by atoms with Crippen molar-refractivity contribution in [1.29, 1.82) is 0 Å². The van der Waals surface area contributed by atoms with Crippen LogP contribution < -0.4 is 19.3 Å². The molecular formula is C24H26N2O4. The summed E-state index contributed by atoms with van der Waals surface area (Å²) in [6.45, 7) is 3.42. The Morgan fingerprint density at radius 2 is 1.97 bits per heavy atom. The smallest absolute Gasteiger partial charge is 0.228 e. The normalized spacial score (nSPS) is 26.8. The van der Waals surface area contributed by atoms with Crippen LogP contribution >= 0.6 is 0 Å². The molecule has 4 heterocycles. The molecule has 2 aromatic carbocycles. The number of rotatable bonds is 2. The van der Waals surface area contributed by atoms with Crippen molar-refractivity contribution in [3.63, 3.8) is 0 Å². The number of benzene rings is 2. The quantitative estimate of drug-likeness (QED) is 0.767. The van der Waals surface area contributed by atoms with Crippen LogP contribution in [-0.2, 0) is 14.9 Å². The first-order chi connectivity index (χ1) is 14.7. The molecule has 0 saturated carbocycles. The summed E-state index contributed by atoms with van der Waals surface area (Å²) in [6.07, 6.45) is 2.62. The molecule has 156 valence electrons. The summed E-state index contributed by atoms with van der Waals surface area (Å²) in [5.41, 5.74) is 3.86. The van der Waals surface area contributed by atoms with E-state index in [0.29, 0.717) is 26.2 Å². The van der Waals surface area contributed by atoms with Gasteiger partial charge in [0.1, 0.15) is 24.7 Å². The van der Waals surface area contributed by atoms with Crippen LogP contribution in [0, 0.1) is 0 Å². The van der Waals surface area contributed by atoms with Crippen LogP contribution in [0.1, 0.15) is 30.4 Å². The summed E-state index contributed by atoms with van der Waals surface area (Å²) < 4.78 is 17.9. The van der Waals surface area contributed by atoms with Crippen molar-refractivity contribution < 1.29 is 19.0 Å². The third-order valence-corrected chi connectivity index (χ3v) is 7.02. The number of ether oxygens (including phenoxy) is 3. The van der Waals surface area contributed by atoms with Crippen molar-refractivity contribution in [3.8, 4) is 11.5 Å². The van der Waals surface area contributed by atoms with Crippen molar-refractivity contribution in [3.05, 3.63) is 47.5 Å². The summed E-state index contributed by atoms with van der Waals surface area (Å²) in [5.74, 6) is 1.83. The first-order valence-electron chi connectivity index (χ1n) is 10.8. The van der Waals surface area contributed by atoms with Gasteiger partial charge in [-0.2, -0.15) is 0 Å². The third-order valence-electron chi connectivity index (χ3n) is 7.02. The zero-order valence-electron chi connectivity index (χ0n) is 17.2. The van der Waals surface area contributed by atoms with E-state index in [1.807, 2.05) is 17.0 Å². The number of likely N-dealkylation sites (N-methyl/N-ethyl adjacent to an activating group) is 1. The van der Waals surface area contributed by atoms with Crippen molar-refractivity contribution >= 4 is 17.3 Å². The molecular weight excluding hydrogens is 380 g/mol. The minimum absolute atomic E-state index is 0.126. The Morgan fingerprint density at radius 1 is 1.07 bits per heavy atom. The first-order valence-corrected chi connectivity index (χ1v) is 10.8. The maximum atomic E-state index is 13.4. The van der Waals surface area contributed by atoms with Gasteiger partial charge >= 0.3 is 0 Å².